The first-order valence-corrected chi connectivity index (χ1v) is 5.67. The Morgan fingerprint density at radius 2 is 2.15 bits per heavy atom. The van der Waals surface area contributed by atoms with Crippen molar-refractivity contribution in [2.45, 2.75) is 13.0 Å². The highest BCUT2D eigenvalue weighted by molar-refractivity contribution is 5.89. The van der Waals surface area contributed by atoms with Crippen LogP contribution >= 0.6 is 0 Å². The first-order valence-electron chi connectivity index (χ1n) is 5.67. The normalized spacial score (nSPS) is 10.2. The summed E-state index contributed by atoms with van der Waals surface area (Å²) in [7, 11) is 1.43. The third-order valence-electron chi connectivity index (χ3n) is 2.32. The van der Waals surface area contributed by atoms with E-state index < -0.39 is 18.6 Å². The predicted molar refractivity (Wildman–Crippen MR) is 67.0 cm³/mol. The number of rotatable bonds is 6. The van der Waals surface area contributed by atoms with E-state index in [0.717, 1.165) is 0 Å². The molecule has 0 spiro atoms. The van der Waals surface area contributed by atoms with E-state index >= 15 is 0 Å². The molecule has 0 aromatic heterocycles. The Labute approximate surface area is 113 Å². The molecular weight excluding hydrogens is 274 g/mol. The highest BCUT2D eigenvalue weighted by atomic mass is 19.3. The lowest BCUT2D eigenvalue weighted by molar-refractivity contribution is -0.137. The number of benzene rings is 1. The smallest absolute Gasteiger partial charge is 0.387 e. The number of anilines is 1. The number of nitrogens with one attached hydrogen (secondary N) is 1. The van der Waals surface area contributed by atoms with Crippen molar-refractivity contribution in [3.63, 3.8) is 0 Å². The molecule has 0 saturated carbocycles. The SMILES string of the molecule is CN(CCC(=O)O)C(=O)Nc1cccc(OC(F)F)c1. The summed E-state index contributed by atoms with van der Waals surface area (Å²) < 4.78 is 28.3. The van der Waals surface area contributed by atoms with Crippen LogP contribution in [-0.2, 0) is 4.79 Å². The average molecular weight is 288 g/mol. The van der Waals surface area contributed by atoms with Gasteiger partial charge < -0.3 is 20.1 Å². The molecule has 0 saturated heterocycles. The van der Waals surface area contributed by atoms with Crippen molar-refractivity contribution in [3.05, 3.63) is 24.3 Å². The fourth-order valence-corrected chi connectivity index (χ4v) is 1.33. The molecule has 20 heavy (non-hydrogen) atoms. The Morgan fingerprint density at radius 3 is 2.75 bits per heavy atom. The zero-order valence-corrected chi connectivity index (χ0v) is 10.7. The van der Waals surface area contributed by atoms with Crippen LogP contribution in [0.4, 0.5) is 19.3 Å². The third kappa shape index (κ3) is 5.51. The van der Waals surface area contributed by atoms with E-state index in [1.807, 2.05) is 0 Å². The molecule has 2 N–H and O–H groups in total. The Hall–Kier alpha value is -2.38. The van der Waals surface area contributed by atoms with Gasteiger partial charge in [-0.2, -0.15) is 8.78 Å². The van der Waals surface area contributed by atoms with E-state index in [4.69, 9.17) is 5.11 Å². The molecule has 0 fully saturated rings. The van der Waals surface area contributed by atoms with Crippen molar-refractivity contribution < 1.29 is 28.2 Å². The second-order valence-corrected chi connectivity index (χ2v) is 3.90. The van der Waals surface area contributed by atoms with Gasteiger partial charge in [-0.25, -0.2) is 4.79 Å². The summed E-state index contributed by atoms with van der Waals surface area (Å²) in [5, 5.41) is 11.0. The molecule has 2 amide bonds. The van der Waals surface area contributed by atoms with Crippen molar-refractivity contribution in [2.24, 2.45) is 0 Å². The van der Waals surface area contributed by atoms with Gasteiger partial charge in [-0.05, 0) is 12.1 Å². The number of urea groups is 1. The highest BCUT2D eigenvalue weighted by Gasteiger charge is 2.11. The average Bonchev–Trinajstić information content (AvgIpc) is 2.35. The standard InChI is InChI=1S/C12H14F2N2O4/c1-16(6-5-10(17)18)12(19)15-8-3-2-4-9(7-8)20-11(13)14/h2-4,7,11H,5-6H2,1H3,(H,15,19)(H,17,18). The molecule has 1 rings (SSSR count). The number of nitrogens with zero attached hydrogens (tertiary/aromatic N) is 1. The largest absolute Gasteiger partial charge is 0.481 e. The molecule has 0 radical (unpaired) electrons. The monoisotopic (exact) mass is 288 g/mol. The van der Waals surface area contributed by atoms with Crippen LogP contribution in [0.3, 0.4) is 0 Å². The molecule has 0 bridgehead atoms. The van der Waals surface area contributed by atoms with Gasteiger partial charge >= 0.3 is 18.6 Å². The van der Waals surface area contributed by atoms with Gasteiger partial charge in [-0.1, -0.05) is 6.07 Å². The minimum atomic E-state index is -2.95. The number of carbonyl (C=O) groups is 2. The van der Waals surface area contributed by atoms with E-state index in [1.54, 1.807) is 0 Å². The summed E-state index contributed by atoms with van der Waals surface area (Å²) in [4.78, 5) is 23.3. The van der Waals surface area contributed by atoms with Crippen LogP contribution in [0.2, 0.25) is 0 Å². The van der Waals surface area contributed by atoms with Crippen molar-refractivity contribution >= 4 is 17.7 Å². The van der Waals surface area contributed by atoms with E-state index in [1.165, 1.54) is 36.2 Å². The fourth-order valence-electron chi connectivity index (χ4n) is 1.33. The van der Waals surface area contributed by atoms with Gasteiger partial charge in [0.05, 0.1) is 6.42 Å². The van der Waals surface area contributed by atoms with Gasteiger partial charge in [0.1, 0.15) is 5.75 Å². The van der Waals surface area contributed by atoms with Crippen molar-refractivity contribution in [1.29, 1.82) is 0 Å². The number of hydrogen-bond acceptors (Lipinski definition) is 3. The van der Waals surface area contributed by atoms with E-state index in [2.05, 4.69) is 10.1 Å². The summed E-state index contributed by atoms with van der Waals surface area (Å²) in [5.74, 6) is -1.09. The number of hydrogen-bond donors (Lipinski definition) is 2. The number of alkyl halides is 2. The fraction of sp³-hybridized carbons (Fsp3) is 0.333. The van der Waals surface area contributed by atoms with Gasteiger partial charge in [0.2, 0.25) is 0 Å². The maximum absolute atomic E-state index is 12.0. The van der Waals surface area contributed by atoms with E-state index in [9.17, 15) is 18.4 Å². The van der Waals surface area contributed by atoms with E-state index in [-0.39, 0.29) is 24.4 Å². The summed E-state index contributed by atoms with van der Waals surface area (Å²) in [6.07, 6.45) is -0.182. The molecule has 8 heteroatoms. The Balaban J connectivity index is 2.58. The second kappa shape index (κ2) is 7.27. The minimum Gasteiger partial charge on any atom is -0.481 e. The van der Waals surface area contributed by atoms with Crippen molar-refractivity contribution in [1.82, 2.24) is 4.90 Å². The Kier molecular flexibility index (Phi) is 5.70. The lowest BCUT2D eigenvalue weighted by Gasteiger charge is -2.17. The van der Waals surface area contributed by atoms with Crippen LogP contribution in [0.1, 0.15) is 6.42 Å². The molecule has 110 valence electrons. The second-order valence-electron chi connectivity index (χ2n) is 3.90. The molecule has 0 aliphatic carbocycles. The topological polar surface area (TPSA) is 78.9 Å². The van der Waals surface area contributed by atoms with Gasteiger partial charge in [-0.15, -0.1) is 0 Å². The van der Waals surface area contributed by atoms with E-state index in [0.29, 0.717) is 0 Å². The van der Waals surface area contributed by atoms with Crippen LogP contribution in [0.15, 0.2) is 24.3 Å². The van der Waals surface area contributed by atoms with Crippen LogP contribution in [0, 0.1) is 0 Å². The van der Waals surface area contributed by atoms with Crippen molar-refractivity contribution in [2.75, 3.05) is 18.9 Å². The van der Waals surface area contributed by atoms with Crippen LogP contribution < -0.4 is 10.1 Å². The number of ether oxygens (including phenoxy) is 1. The number of carboxylic acid groups (broad SMARTS) is 1. The molecule has 0 aliphatic rings. The zero-order valence-electron chi connectivity index (χ0n) is 10.7. The van der Waals surface area contributed by atoms with Gasteiger partial charge in [0.25, 0.3) is 0 Å². The zero-order chi connectivity index (χ0) is 15.1. The molecule has 1 aromatic rings. The number of aliphatic carboxylic acids is 1. The first-order chi connectivity index (χ1) is 9.38. The molecular formula is C12H14F2N2O4. The third-order valence-corrected chi connectivity index (χ3v) is 2.32. The molecule has 1 aromatic carbocycles. The minimum absolute atomic E-state index is 0.0361. The first kappa shape index (κ1) is 15.7. The van der Waals surface area contributed by atoms with Crippen LogP contribution in [-0.4, -0.2) is 42.2 Å². The molecule has 0 atom stereocenters. The number of amides is 2. The van der Waals surface area contributed by atoms with Gasteiger partial charge in [-0.3, -0.25) is 4.79 Å². The van der Waals surface area contributed by atoms with Crippen LogP contribution in [0.25, 0.3) is 0 Å². The van der Waals surface area contributed by atoms with Crippen molar-refractivity contribution in [3.8, 4) is 5.75 Å². The maximum Gasteiger partial charge on any atom is 0.387 e. The summed E-state index contributed by atoms with van der Waals surface area (Å²) in [6, 6.07) is 4.98. The van der Waals surface area contributed by atoms with Crippen LogP contribution in [0.5, 0.6) is 5.75 Å². The number of halogens is 2. The summed E-state index contributed by atoms with van der Waals surface area (Å²) in [5.41, 5.74) is 0.273. The number of carbonyl (C=O) groups excluding carboxylic acids is 1. The summed E-state index contributed by atoms with van der Waals surface area (Å²) in [6.45, 7) is -2.91. The molecule has 6 nitrogen and oxygen atoms in total. The Morgan fingerprint density at radius 1 is 1.45 bits per heavy atom. The molecule has 0 heterocycles. The maximum atomic E-state index is 12.0. The molecule has 0 unspecified atom stereocenters. The lowest BCUT2D eigenvalue weighted by atomic mass is 10.3. The quantitative estimate of drug-likeness (QED) is 0.841. The highest BCUT2D eigenvalue weighted by Crippen LogP contribution is 2.19. The predicted octanol–water partition coefficient (Wildman–Crippen LogP) is 2.23. The Bertz CT molecular complexity index is 482. The van der Waals surface area contributed by atoms with Gasteiger partial charge in [0, 0.05) is 25.3 Å². The lowest BCUT2D eigenvalue weighted by Crippen LogP contribution is -2.33. The number of carboxylic acids is 1. The summed E-state index contributed by atoms with van der Waals surface area (Å²) >= 11 is 0. The van der Waals surface area contributed by atoms with Gasteiger partial charge in [0.15, 0.2) is 0 Å². The molecule has 0 aliphatic heterocycles.